The molecule has 1 aliphatic heterocycles. The van der Waals surface area contributed by atoms with E-state index in [0.29, 0.717) is 6.10 Å². The lowest BCUT2D eigenvalue weighted by Crippen LogP contribution is -2.19. The summed E-state index contributed by atoms with van der Waals surface area (Å²) in [6, 6.07) is 10.7. The van der Waals surface area contributed by atoms with Gasteiger partial charge in [-0.15, -0.1) is 0 Å². The van der Waals surface area contributed by atoms with Gasteiger partial charge >= 0.3 is 0 Å². The van der Waals surface area contributed by atoms with Crippen LogP contribution < -0.4 is 0 Å². The van der Waals surface area contributed by atoms with Crippen LogP contribution in [0.4, 0.5) is 0 Å². The Labute approximate surface area is 98.8 Å². The molecule has 1 nitrogen and oxygen atoms in total. The van der Waals surface area contributed by atoms with E-state index in [1.807, 2.05) is 0 Å². The van der Waals surface area contributed by atoms with Crippen molar-refractivity contribution in [3.63, 3.8) is 0 Å². The van der Waals surface area contributed by atoms with Crippen molar-refractivity contribution in [1.82, 2.24) is 0 Å². The van der Waals surface area contributed by atoms with Crippen LogP contribution in [-0.4, -0.2) is 6.61 Å². The summed E-state index contributed by atoms with van der Waals surface area (Å²) in [6.45, 7) is 3.21. The van der Waals surface area contributed by atoms with E-state index in [9.17, 15) is 0 Å². The Morgan fingerprint density at radius 1 is 1.25 bits per heavy atom. The molecule has 1 saturated heterocycles. The lowest BCUT2D eigenvalue weighted by atomic mass is 9.88. The summed E-state index contributed by atoms with van der Waals surface area (Å²) < 4.78 is 5.87. The molecule has 16 heavy (non-hydrogen) atoms. The van der Waals surface area contributed by atoms with Crippen LogP contribution in [-0.2, 0) is 4.74 Å². The Morgan fingerprint density at radius 3 is 2.81 bits per heavy atom. The summed E-state index contributed by atoms with van der Waals surface area (Å²) >= 11 is 0. The average molecular weight is 218 g/mol. The minimum atomic E-state index is 0.344. The van der Waals surface area contributed by atoms with E-state index in [2.05, 4.69) is 37.3 Å². The fourth-order valence-electron chi connectivity index (χ4n) is 2.52. The second-order valence-electron chi connectivity index (χ2n) is 4.80. The van der Waals surface area contributed by atoms with E-state index in [4.69, 9.17) is 4.74 Å². The third-order valence-electron chi connectivity index (χ3n) is 3.53. The van der Waals surface area contributed by atoms with Crippen LogP contribution in [0.25, 0.3) is 0 Å². The van der Waals surface area contributed by atoms with Gasteiger partial charge < -0.3 is 4.74 Å². The summed E-state index contributed by atoms with van der Waals surface area (Å²) in [5.74, 6) is 0.874. The normalized spacial score (nSPS) is 25.6. The van der Waals surface area contributed by atoms with E-state index >= 15 is 0 Å². The highest BCUT2D eigenvalue weighted by atomic mass is 16.5. The number of hydrogen-bond acceptors (Lipinski definition) is 1. The molecular weight excluding hydrogens is 196 g/mol. The minimum Gasteiger partial charge on any atom is -0.374 e. The molecule has 1 fully saturated rings. The maximum Gasteiger partial charge on any atom is 0.0827 e. The van der Waals surface area contributed by atoms with E-state index in [-0.39, 0.29) is 0 Å². The van der Waals surface area contributed by atoms with Crippen molar-refractivity contribution in [2.45, 2.75) is 45.1 Å². The van der Waals surface area contributed by atoms with Crippen LogP contribution in [0.15, 0.2) is 30.3 Å². The largest absolute Gasteiger partial charge is 0.374 e. The number of ether oxygens (including phenoxy) is 1. The Morgan fingerprint density at radius 2 is 2.06 bits per heavy atom. The van der Waals surface area contributed by atoms with Crippen molar-refractivity contribution in [3.05, 3.63) is 35.9 Å². The van der Waals surface area contributed by atoms with Gasteiger partial charge in [0.15, 0.2) is 0 Å². The Hall–Kier alpha value is -0.820. The fourth-order valence-corrected chi connectivity index (χ4v) is 2.52. The summed E-state index contributed by atoms with van der Waals surface area (Å²) in [5.41, 5.74) is 1.35. The molecular formula is C15H22O. The van der Waals surface area contributed by atoms with Crippen LogP contribution in [0.1, 0.15) is 50.7 Å². The number of rotatable bonds is 4. The van der Waals surface area contributed by atoms with Gasteiger partial charge in [-0.25, -0.2) is 0 Å². The van der Waals surface area contributed by atoms with Gasteiger partial charge in [-0.1, -0.05) is 56.5 Å². The summed E-state index contributed by atoms with van der Waals surface area (Å²) in [7, 11) is 0. The molecule has 0 amide bonds. The molecule has 0 unspecified atom stereocenters. The summed E-state index contributed by atoms with van der Waals surface area (Å²) in [5, 5.41) is 0. The second-order valence-corrected chi connectivity index (χ2v) is 4.80. The maximum atomic E-state index is 5.87. The first-order valence-electron chi connectivity index (χ1n) is 6.56. The van der Waals surface area contributed by atoms with E-state index in [1.54, 1.807) is 0 Å². The Bertz CT molecular complexity index is 294. The molecule has 2 atom stereocenters. The van der Waals surface area contributed by atoms with E-state index < -0.39 is 0 Å². The van der Waals surface area contributed by atoms with Crippen LogP contribution in [0.3, 0.4) is 0 Å². The van der Waals surface area contributed by atoms with Gasteiger partial charge in [-0.3, -0.25) is 0 Å². The predicted octanol–water partition coefficient (Wildman–Crippen LogP) is 4.34. The van der Waals surface area contributed by atoms with Crippen molar-refractivity contribution in [1.29, 1.82) is 0 Å². The zero-order valence-corrected chi connectivity index (χ0v) is 10.2. The van der Waals surface area contributed by atoms with Crippen LogP contribution in [0.5, 0.6) is 0 Å². The highest BCUT2D eigenvalue weighted by Crippen LogP contribution is 2.33. The molecule has 0 aromatic heterocycles. The first-order chi connectivity index (χ1) is 7.90. The highest BCUT2D eigenvalue weighted by molar-refractivity contribution is 5.17. The molecule has 0 spiro atoms. The third-order valence-corrected chi connectivity index (χ3v) is 3.53. The van der Waals surface area contributed by atoms with Gasteiger partial charge in [-0.2, -0.15) is 0 Å². The molecule has 2 rings (SSSR count). The van der Waals surface area contributed by atoms with Gasteiger partial charge in [0.25, 0.3) is 0 Å². The predicted molar refractivity (Wildman–Crippen MR) is 67.4 cm³/mol. The molecule has 1 heteroatoms. The summed E-state index contributed by atoms with van der Waals surface area (Å²) in [6.07, 6.45) is 6.87. The van der Waals surface area contributed by atoms with Crippen molar-refractivity contribution < 1.29 is 4.74 Å². The Kier molecular flexibility index (Phi) is 4.41. The quantitative estimate of drug-likeness (QED) is 0.730. The van der Waals surface area contributed by atoms with Crippen molar-refractivity contribution in [3.8, 4) is 0 Å². The molecule has 1 heterocycles. The summed E-state index contributed by atoms with van der Waals surface area (Å²) in [4.78, 5) is 0. The number of hydrogen-bond donors (Lipinski definition) is 0. The second kappa shape index (κ2) is 6.05. The third kappa shape index (κ3) is 3.08. The fraction of sp³-hybridized carbons (Fsp3) is 0.600. The molecule has 1 aromatic rings. The lowest BCUT2D eigenvalue weighted by molar-refractivity contribution is -0.0124. The molecule has 0 radical (unpaired) electrons. The van der Waals surface area contributed by atoms with Gasteiger partial charge in [-0.05, 0) is 24.3 Å². The molecule has 0 bridgehead atoms. The highest BCUT2D eigenvalue weighted by Gasteiger charge is 2.23. The van der Waals surface area contributed by atoms with Gasteiger partial charge in [0.2, 0.25) is 0 Å². The molecule has 1 aromatic carbocycles. The first-order valence-corrected chi connectivity index (χ1v) is 6.56. The minimum absolute atomic E-state index is 0.344. The number of unbranched alkanes of at least 4 members (excludes halogenated alkanes) is 1. The topological polar surface area (TPSA) is 9.23 Å². The first kappa shape index (κ1) is 11.7. The van der Waals surface area contributed by atoms with Crippen molar-refractivity contribution in [2.24, 2.45) is 5.92 Å². The smallest absolute Gasteiger partial charge is 0.0827 e. The standard InChI is InChI=1S/C15H22O/c1-2-3-7-13-10-11-16-15(12-13)14-8-5-4-6-9-14/h4-6,8-9,13,15H,2-3,7,10-12H2,1H3/t13-,15+/m0/s1. The van der Waals surface area contributed by atoms with Gasteiger partial charge in [0.05, 0.1) is 6.10 Å². The van der Waals surface area contributed by atoms with Gasteiger partial charge in [0.1, 0.15) is 0 Å². The van der Waals surface area contributed by atoms with Crippen molar-refractivity contribution >= 4 is 0 Å². The zero-order valence-electron chi connectivity index (χ0n) is 10.2. The van der Waals surface area contributed by atoms with Crippen LogP contribution in [0, 0.1) is 5.92 Å². The molecule has 88 valence electrons. The SMILES string of the molecule is CCCC[C@H]1CCO[C@@H](c2ccccc2)C1. The zero-order chi connectivity index (χ0) is 11.2. The van der Waals surface area contributed by atoms with Crippen LogP contribution >= 0.6 is 0 Å². The number of benzene rings is 1. The molecule has 0 saturated carbocycles. The van der Waals surface area contributed by atoms with Crippen LogP contribution in [0.2, 0.25) is 0 Å². The molecule has 0 aliphatic carbocycles. The monoisotopic (exact) mass is 218 g/mol. The van der Waals surface area contributed by atoms with E-state index in [1.165, 1.54) is 37.7 Å². The Balaban J connectivity index is 1.91. The molecule has 1 aliphatic rings. The molecule has 0 N–H and O–H groups in total. The van der Waals surface area contributed by atoms with Gasteiger partial charge in [0, 0.05) is 6.61 Å². The van der Waals surface area contributed by atoms with Crippen molar-refractivity contribution in [2.75, 3.05) is 6.61 Å². The average Bonchev–Trinajstić information content (AvgIpc) is 2.38. The maximum absolute atomic E-state index is 5.87. The van der Waals surface area contributed by atoms with E-state index in [0.717, 1.165) is 12.5 Å². The lowest BCUT2D eigenvalue weighted by Gasteiger charge is -2.29.